The van der Waals surface area contributed by atoms with Crippen LogP contribution in [-0.2, 0) is 22.6 Å². The molecular formula is C41H46ClN7O5. The highest BCUT2D eigenvalue weighted by Gasteiger charge is 2.64. The number of rotatable bonds is 10. The molecule has 1 aromatic heterocycles. The molecule has 54 heavy (non-hydrogen) atoms. The van der Waals surface area contributed by atoms with Crippen molar-refractivity contribution in [2.24, 2.45) is 10.8 Å². The SMILES string of the molecule is CC1(C)C(NC(=O)c2ccc(CCCN3CCN(c4ccc5c(c4)CN(C4CCC(=O)NC4=O)C5=O)CC3)nc2)C(C)(C)C1Oc1ccc(C#N)c(Cl)c1. The summed E-state index contributed by atoms with van der Waals surface area (Å²) in [7, 11) is 0. The first-order valence-electron chi connectivity index (χ1n) is 18.6. The maximum absolute atomic E-state index is 13.3. The Bertz CT molecular complexity index is 2000. The zero-order chi connectivity index (χ0) is 38.4. The number of nitriles is 1. The van der Waals surface area contributed by atoms with Crippen molar-refractivity contribution in [3.8, 4) is 11.8 Å². The average molecular weight is 752 g/mol. The van der Waals surface area contributed by atoms with Crippen LogP contribution < -0.4 is 20.3 Å². The molecule has 3 aliphatic heterocycles. The molecular weight excluding hydrogens is 706 g/mol. The van der Waals surface area contributed by atoms with E-state index in [0.29, 0.717) is 40.4 Å². The minimum absolute atomic E-state index is 0.140. The summed E-state index contributed by atoms with van der Waals surface area (Å²) in [4.78, 5) is 61.4. The van der Waals surface area contributed by atoms with Gasteiger partial charge in [-0.1, -0.05) is 39.3 Å². The van der Waals surface area contributed by atoms with Crippen LogP contribution in [0, 0.1) is 22.2 Å². The first-order valence-corrected chi connectivity index (χ1v) is 19.0. The average Bonchev–Trinajstić information content (AvgIpc) is 3.48. The molecule has 2 aromatic carbocycles. The Hall–Kier alpha value is -4.99. The second-order valence-electron chi connectivity index (χ2n) is 16.0. The number of carbonyl (C=O) groups is 4. The fraction of sp³-hybridized carbons (Fsp3) is 0.463. The zero-order valence-corrected chi connectivity index (χ0v) is 31.9. The number of aromatic nitrogens is 1. The van der Waals surface area contributed by atoms with Crippen LogP contribution in [0.15, 0.2) is 54.7 Å². The van der Waals surface area contributed by atoms with E-state index in [9.17, 15) is 24.4 Å². The summed E-state index contributed by atoms with van der Waals surface area (Å²) in [6, 6.07) is 16.1. The van der Waals surface area contributed by atoms with Gasteiger partial charge in [0.2, 0.25) is 11.8 Å². The van der Waals surface area contributed by atoms with Gasteiger partial charge in [-0.05, 0) is 73.8 Å². The number of pyridine rings is 1. The molecule has 1 aliphatic carbocycles. The Morgan fingerprint density at radius 1 is 1.04 bits per heavy atom. The van der Waals surface area contributed by atoms with Crippen molar-refractivity contribution in [2.45, 2.75) is 78.1 Å². The number of piperazine rings is 1. The molecule has 4 aliphatic rings. The molecule has 2 N–H and O–H groups in total. The van der Waals surface area contributed by atoms with Crippen LogP contribution in [0.2, 0.25) is 5.02 Å². The largest absolute Gasteiger partial charge is 0.489 e. The van der Waals surface area contributed by atoms with Gasteiger partial charge in [0.05, 0.1) is 16.1 Å². The molecule has 12 nitrogen and oxygen atoms in total. The van der Waals surface area contributed by atoms with Gasteiger partial charge in [0, 0.05) is 85.2 Å². The third-order valence-electron chi connectivity index (χ3n) is 11.7. The first kappa shape index (κ1) is 37.3. The summed E-state index contributed by atoms with van der Waals surface area (Å²) in [5.41, 5.74) is 3.76. The van der Waals surface area contributed by atoms with Crippen LogP contribution in [0.4, 0.5) is 5.69 Å². The summed E-state index contributed by atoms with van der Waals surface area (Å²) in [6.07, 6.45) is 3.83. The molecule has 3 aromatic rings. The van der Waals surface area contributed by atoms with Crippen molar-refractivity contribution < 1.29 is 23.9 Å². The number of nitrogens with one attached hydrogen (secondary N) is 2. The molecule has 7 rings (SSSR count). The van der Waals surface area contributed by atoms with Crippen LogP contribution in [0.25, 0.3) is 0 Å². The van der Waals surface area contributed by atoms with Gasteiger partial charge in [-0.15, -0.1) is 0 Å². The molecule has 13 heteroatoms. The number of aryl methyl sites for hydroxylation is 1. The van der Waals surface area contributed by atoms with Crippen LogP contribution in [0.5, 0.6) is 5.75 Å². The molecule has 1 unspecified atom stereocenters. The summed E-state index contributed by atoms with van der Waals surface area (Å²) in [6.45, 7) is 13.2. The van der Waals surface area contributed by atoms with Crippen LogP contribution >= 0.6 is 11.6 Å². The predicted molar refractivity (Wildman–Crippen MR) is 203 cm³/mol. The van der Waals surface area contributed by atoms with Gasteiger partial charge in [0.15, 0.2) is 0 Å². The van der Waals surface area contributed by atoms with E-state index < -0.39 is 11.9 Å². The number of anilines is 1. The number of imide groups is 1. The van der Waals surface area contributed by atoms with E-state index in [4.69, 9.17) is 16.3 Å². The number of amides is 4. The van der Waals surface area contributed by atoms with Crippen molar-refractivity contribution >= 4 is 40.9 Å². The molecule has 2 saturated heterocycles. The smallest absolute Gasteiger partial charge is 0.255 e. The fourth-order valence-corrected chi connectivity index (χ4v) is 9.20. The number of carbonyl (C=O) groups excluding carboxylic acids is 4. The van der Waals surface area contributed by atoms with E-state index in [2.05, 4.69) is 65.2 Å². The van der Waals surface area contributed by atoms with Crippen molar-refractivity contribution in [3.63, 3.8) is 0 Å². The Morgan fingerprint density at radius 2 is 1.80 bits per heavy atom. The minimum atomic E-state index is -0.612. The van der Waals surface area contributed by atoms with E-state index in [1.165, 1.54) is 0 Å². The highest BCUT2D eigenvalue weighted by atomic mass is 35.5. The minimum Gasteiger partial charge on any atom is -0.489 e. The lowest BCUT2D eigenvalue weighted by Crippen LogP contribution is -2.74. The fourth-order valence-electron chi connectivity index (χ4n) is 8.99. The summed E-state index contributed by atoms with van der Waals surface area (Å²) >= 11 is 6.23. The van der Waals surface area contributed by atoms with Gasteiger partial charge in [0.25, 0.3) is 11.8 Å². The number of benzene rings is 2. The Labute approximate surface area is 320 Å². The maximum Gasteiger partial charge on any atom is 0.255 e. The van der Waals surface area contributed by atoms with E-state index in [1.54, 1.807) is 29.3 Å². The Morgan fingerprint density at radius 3 is 2.46 bits per heavy atom. The van der Waals surface area contributed by atoms with E-state index in [1.807, 2.05) is 24.3 Å². The van der Waals surface area contributed by atoms with E-state index in [-0.39, 0.29) is 47.1 Å². The lowest BCUT2D eigenvalue weighted by molar-refractivity contribution is -0.164. The second-order valence-corrected chi connectivity index (χ2v) is 16.4. The maximum atomic E-state index is 13.3. The number of ether oxygens (including phenoxy) is 1. The normalized spacial score (nSPS) is 23.3. The monoisotopic (exact) mass is 751 g/mol. The molecule has 1 atom stereocenters. The first-order chi connectivity index (χ1) is 25.8. The third-order valence-corrected chi connectivity index (χ3v) is 12.0. The van der Waals surface area contributed by atoms with E-state index >= 15 is 0 Å². The number of hydrogen-bond donors (Lipinski definition) is 2. The van der Waals surface area contributed by atoms with Gasteiger partial charge < -0.3 is 19.9 Å². The Balaban J connectivity index is 0.853. The quantitative estimate of drug-likeness (QED) is 0.281. The molecule has 4 heterocycles. The van der Waals surface area contributed by atoms with Crippen molar-refractivity contribution in [3.05, 3.63) is 87.7 Å². The summed E-state index contributed by atoms with van der Waals surface area (Å²) < 4.78 is 6.35. The molecule has 0 spiro atoms. The van der Waals surface area contributed by atoms with Gasteiger partial charge in [0.1, 0.15) is 24.0 Å². The van der Waals surface area contributed by atoms with Crippen LogP contribution in [-0.4, -0.2) is 89.3 Å². The number of fused-ring (bicyclic) bond motifs is 1. The number of hydrogen-bond acceptors (Lipinski definition) is 9. The van der Waals surface area contributed by atoms with Gasteiger partial charge in [-0.3, -0.25) is 34.4 Å². The van der Waals surface area contributed by atoms with Crippen LogP contribution in [0.3, 0.4) is 0 Å². The zero-order valence-electron chi connectivity index (χ0n) is 31.2. The molecule has 0 radical (unpaired) electrons. The predicted octanol–water partition coefficient (Wildman–Crippen LogP) is 4.73. The van der Waals surface area contributed by atoms with Crippen molar-refractivity contribution in [1.82, 2.24) is 25.4 Å². The molecule has 0 bridgehead atoms. The van der Waals surface area contributed by atoms with Crippen molar-refractivity contribution in [2.75, 3.05) is 37.6 Å². The topological polar surface area (TPSA) is 148 Å². The molecule has 4 amide bonds. The highest BCUT2D eigenvalue weighted by Crippen LogP contribution is 2.55. The Kier molecular flexibility index (Phi) is 10.1. The lowest BCUT2D eigenvalue weighted by atomic mass is 9.49. The third kappa shape index (κ3) is 7.15. The van der Waals surface area contributed by atoms with Crippen molar-refractivity contribution in [1.29, 1.82) is 5.26 Å². The number of piperidine rings is 1. The van der Waals surface area contributed by atoms with Gasteiger partial charge in [-0.25, -0.2) is 0 Å². The van der Waals surface area contributed by atoms with E-state index in [0.717, 1.165) is 62.5 Å². The highest BCUT2D eigenvalue weighted by molar-refractivity contribution is 6.31. The van der Waals surface area contributed by atoms with Crippen LogP contribution in [0.1, 0.15) is 84.5 Å². The summed E-state index contributed by atoms with van der Waals surface area (Å²) in [5, 5.41) is 15.1. The standard InChI is InChI=1S/C41H46ClN7O5/c1-40(2)38(41(3,4)39(40)54-30-11-8-25(22-43)32(42)21-30)46-35(51)26-7-9-28(44-23-26)6-5-15-47-16-18-48(19-17-47)29-10-12-31-27(20-29)24-49(37(31)53)33-13-14-34(50)45-36(33)52/h7-12,20-21,23,33,38-39H,5-6,13-19,24H2,1-4H3,(H,46,51)(H,45,50,52). The lowest BCUT2D eigenvalue weighted by Gasteiger charge is -2.63. The molecule has 3 fully saturated rings. The van der Waals surface area contributed by atoms with Gasteiger partial charge in [-0.2, -0.15) is 5.26 Å². The van der Waals surface area contributed by atoms with Gasteiger partial charge >= 0.3 is 0 Å². The number of halogens is 1. The summed E-state index contributed by atoms with van der Waals surface area (Å²) in [5.74, 6) is -0.414. The number of nitrogens with zero attached hydrogens (tertiary/aromatic N) is 5. The molecule has 282 valence electrons. The second kappa shape index (κ2) is 14.7. The molecule has 1 saturated carbocycles.